The van der Waals surface area contributed by atoms with Gasteiger partial charge in [-0.15, -0.1) is 0 Å². The molecule has 2 aromatic carbocycles. The van der Waals surface area contributed by atoms with Gasteiger partial charge in [0.05, 0.1) is 7.05 Å². The number of nitrogens with zero attached hydrogens (tertiary/aromatic N) is 4. The Morgan fingerprint density at radius 1 is 0.912 bits per heavy atom. The van der Waals surface area contributed by atoms with Crippen molar-refractivity contribution in [3.05, 3.63) is 66.2 Å². The minimum Gasteiger partial charge on any atom is -0.399 e. The van der Waals surface area contributed by atoms with Gasteiger partial charge < -0.3 is 21.3 Å². The summed E-state index contributed by atoms with van der Waals surface area (Å²) in [6.45, 7) is 7.93. The second-order valence-electron chi connectivity index (χ2n) is 9.55. The average molecular weight is 462 g/mol. The van der Waals surface area contributed by atoms with Crippen molar-refractivity contribution in [3.63, 3.8) is 0 Å². The number of hydrogen-bond acceptors (Lipinski definition) is 5. The van der Waals surface area contributed by atoms with E-state index in [1.165, 1.54) is 0 Å². The van der Waals surface area contributed by atoms with E-state index in [9.17, 15) is 4.79 Å². The normalized spacial score (nSPS) is 15.6. The van der Waals surface area contributed by atoms with Gasteiger partial charge in [-0.1, -0.05) is 0 Å². The number of aryl methyl sites for hydroxylation is 3. The van der Waals surface area contributed by atoms with Crippen LogP contribution in [0, 0.1) is 19.8 Å². The fourth-order valence-corrected chi connectivity index (χ4v) is 4.69. The average Bonchev–Trinajstić information content (AvgIpc) is 3.25. The summed E-state index contributed by atoms with van der Waals surface area (Å²) in [5, 5.41) is 0. The van der Waals surface area contributed by atoms with Crippen LogP contribution in [0.2, 0.25) is 0 Å². The summed E-state index contributed by atoms with van der Waals surface area (Å²) in [5.74, 6) is 0.292. The van der Waals surface area contributed by atoms with Crippen molar-refractivity contribution in [2.24, 2.45) is 13.0 Å². The Hall–Kier alpha value is -3.48. The van der Waals surface area contributed by atoms with Gasteiger partial charge in [0.15, 0.2) is 5.78 Å². The van der Waals surface area contributed by atoms with E-state index >= 15 is 0 Å². The zero-order valence-corrected chi connectivity index (χ0v) is 20.6. The molecule has 7 heteroatoms. The van der Waals surface area contributed by atoms with Crippen LogP contribution < -0.4 is 25.8 Å². The zero-order chi connectivity index (χ0) is 24.2. The molecule has 0 atom stereocenters. The third kappa shape index (κ3) is 5.53. The van der Waals surface area contributed by atoms with Crippen molar-refractivity contribution in [1.29, 1.82) is 0 Å². The van der Waals surface area contributed by atoms with Gasteiger partial charge in [-0.3, -0.25) is 4.79 Å². The van der Waals surface area contributed by atoms with Crippen molar-refractivity contribution in [2.75, 3.05) is 47.4 Å². The molecular formula is C27H37N6O+. The molecule has 0 aliphatic carbocycles. The van der Waals surface area contributed by atoms with Crippen LogP contribution in [0.3, 0.4) is 0 Å². The first-order chi connectivity index (χ1) is 16.3. The van der Waals surface area contributed by atoms with Gasteiger partial charge in [0.2, 0.25) is 6.33 Å². The van der Waals surface area contributed by atoms with Gasteiger partial charge in [0, 0.05) is 54.8 Å². The van der Waals surface area contributed by atoms with Gasteiger partial charge in [-0.25, -0.2) is 9.13 Å². The lowest BCUT2D eigenvalue weighted by molar-refractivity contribution is -0.671. The first-order valence-corrected chi connectivity index (χ1v) is 12.1. The molecule has 0 saturated carbocycles. The summed E-state index contributed by atoms with van der Waals surface area (Å²) in [4.78, 5) is 18.1. The van der Waals surface area contributed by atoms with Gasteiger partial charge in [0.1, 0.15) is 18.9 Å². The number of carbonyl (C=O) groups excluding carboxylic acids is 1. The fraction of sp³-hybridized carbons (Fsp3) is 0.407. The van der Waals surface area contributed by atoms with Crippen LogP contribution in [0.25, 0.3) is 0 Å². The molecule has 180 valence electrons. The van der Waals surface area contributed by atoms with E-state index in [0.29, 0.717) is 12.3 Å². The predicted octanol–water partition coefficient (Wildman–Crippen LogP) is 3.09. The number of nitrogens with two attached hydrogens (primary N) is 2. The fourth-order valence-electron chi connectivity index (χ4n) is 4.69. The number of ketones is 1. The van der Waals surface area contributed by atoms with Crippen LogP contribution in [-0.2, 0) is 18.4 Å². The zero-order valence-electron chi connectivity index (χ0n) is 20.6. The molecule has 4 rings (SSSR count). The second-order valence-corrected chi connectivity index (χ2v) is 9.55. The molecule has 1 aliphatic heterocycles. The molecule has 1 fully saturated rings. The topological polar surface area (TPSA) is 84.4 Å². The van der Waals surface area contributed by atoms with Crippen molar-refractivity contribution >= 4 is 28.5 Å². The Balaban J connectivity index is 1.59. The molecule has 34 heavy (non-hydrogen) atoms. The third-order valence-corrected chi connectivity index (χ3v) is 6.99. The Labute approximate surface area is 202 Å². The van der Waals surface area contributed by atoms with E-state index < -0.39 is 0 Å². The molecule has 0 unspecified atom stereocenters. The standard InChI is InChI=1S/C27H37N6O/c1-20-16-23(4-6-25(20)28)32-10-8-22(27(34)18-31-13-12-30(3)19-31)9-11-33(15-14-32)24-5-7-26(29)21(2)17-24/h4-7,12-13,16-17,19,22H,8-11,14-15,18,28-29H2,1-3H3/q+1. The molecule has 0 radical (unpaired) electrons. The highest BCUT2D eigenvalue weighted by Gasteiger charge is 2.25. The summed E-state index contributed by atoms with van der Waals surface area (Å²) >= 11 is 0. The van der Waals surface area contributed by atoms with Gasteiger partial charge >= 0.3 is 0 Å². The third-order valence-electron chi connectivity index (χ3n) is 6.99. The first-order valence-electron chi connectivity index (χ1n) is 12.1. The van der Waals surface area contributed by atoms with Crippen molar-refractivity contribution in [1.82, 2.24) is 4.57 Å². The number of carbonyl (C=O) groups is 1. The number of rotatable bonds is 5. The number of Topliss-reactive ketones (excluding diaryl/α,β-unsaturated/α-hetero) is 1. The highest BCUT2D eigenvalue weighted by atomic mass is 16.1. The van der Waals surface area contributed by atoms with E-state index in [2.05, 4.69) is 34.1 Å². The van der Waals surface area contributed by atoms with Crippen LogP contribution >= 0.6 is 0 Å². The number of benzene rings is 2. The largest absolute Gasteiger partial charge is 0.399 e. The maximum Gasteiger partial charge on any atom is 0.243 e. The van der Waals surface area contributed by atoms with E-state index in [-0.39, 0.29) is 5.92 Å². The monoisotopic (exact) mass is 461 g/mol. The maximum absolute atomic E-state index is 13.3. The van der Waals surface area contributed by atoms with E-state index in [1.807, 2.05) is 60.9 Å². The number of imidazole rings is 1. The first kappa shape index (κ1) is 23.7. The van der Waals surface area contributed by atoms with Crippen molar-refractivity contribution < 1.29 is 9.36 Å². The minimum absolute atomic E-state index is 0.000522. The smallest absolute Gasteiger partial charge is 0.243 e. The molecule has 0 amide bonds. The number of hydrogen-bond donors (Lipinski definition) is 2. The minimum atomic E-state index is 0.000522. The van der Waals surface area contributed by atoms with Gasteiger partial charge in [-0.05, 0) is 74.2 Å². The highest BCUT2D eigenvalue weighted by molar-refractivity contribution is 5.81. The molecule has 2 heterocycles. The van der Waals surface area contributed by atoms with E-state index in [4.69, 9.17) is 11.5 Å². The Morgan fingerprint density at radius 2 is 1.44 bits per heavy atom. The molecular weight excluding hydrogens is 424 g/mol. The molecule has 1 aliphatic rings. The van der Waals surface area contributed by atoms with E-state index in [1.54, 1.807) is 0 Å². The van der Waals surface area contributed by atoms with E-state index in [0.717, 1.165) is 72.9 Å². The van der Waals surface area contributed by atoms with Crippen LogP contribution in [0.4, 0.5) is 22.7 Å². The Bertz CT molecular complexity index is 1090. The van der Waals surface area contributed by atoms with Crippen LogP contribution in [0.15, 0.2) is 55.1 Å². The van der Waals surface area contributed by atoms with Gasteiger partial charge in [0.25, 0.3) is 0 Å². The maximum atomic E-state index is 13.3. The Kier molecular flexibility index (Phi) is 7.10. The van der Waals surface area contributed by atoms with Crippen LogP contribution in [-0.4, -0.2) is 36.5 Å². The molecule has 1 saturated heterocycles. The van der Waals surface area contributed by atoms with Crippen molar-refractivity contribution in [2.45, 2.75) is 33.2 Å². The Morgan fingerprint density at radius 3 is 1.88 bits per heavy atom. The summed E-state index contributed by atoms with van der Waals surface area (Å²) in [7, 11) is 1.97. The lowest BCUT2D eigenvalue weighted by Gasteiger charge is -2.29. The lowest BCUT2D eigenvalue weighted by Crippen LogP contribution is -2.35. The molecule has 0 spiro atoms. The van der Waals surface area contributed by atoms with Crippen LogP contribution in [0.1, 0.15) is 24.0 Å². The summed E-state index contributed by atoms with van der Waals surface area (Å²) in [6, 6.07) is 12.5. The quantitative estimate of drug-likeness (QED) is 0.451. The number of nitrogen functional groups attached to an aromatic ring is 2. The highest BCUT2D eigenvalue weighted by Crippen LogP contribution is 2.26. The van der Waals surface area contributed by atoms with Gasteiger partial charge in [-0.2, -0.15) is 0 Å². The summed E-state index contributed by atoms with van der Waals surface area (Å²) in [6.07, 6.45) is 7.56. The second kappa shape index (κ2) is 10.2. The summed E-state index contributed by atoms with van der Waals surface area (Å²) < 4.78 is 3.93. The predicted molar refractivity (Wildman–Crippen MR) is 139 cm³/mol. The van der Waals surface area contributed by atoms with Crippen LogP contribution in [0.5, 0.6) is 0 Å². The van der Waals surface area contributed by atoms with Crippen molar-refractivity contribution in [3.8, 4) is 0 Å². The number of aromatic nitrogens is 2. The molecule has 0 bridgehead atoms. The molecule has 1 aromatic heterocycles. The lowest BCUT2D eigenvalue weighted by atomic mass is 9.95. The summed E-state index contributed by atoms with van der Waals surface area (Å²) in [5.41, 5.74) is 18.2. The SMILES string of the molecule is Cc1cc(N2CCC(C(=O)Cn3cc[n+](C)c3)CCN(c3ccc(N)c(C)c3)CC2)ccc1N. The number of anilines is 4. The molecule has 3 aromatic rings. The molecule has 7 nitrogen and oxygen atoms in total. The molecule has 4 N–H and O–H groups in total.